The highest BCUT2D eigenvalue weighted by Gasteiger charge is 2.32. The van der Waals surface area contributed by atoms with Gasteiger partial charge in [0.15, 0.2) is 5.13 Å². The molecular formula is C12H12F3N3OS2. The SMILES string of the molecule is CC(c1ccc(C(F)(F)F)nc1)=S(C)(=O)Nc1nccs1. The van der Waals surface area contributed by atoms with Crippen LogP contribution >= 0.6 is 11.3 Å². The molecule has 4 nitrogen and oxygen atoms in total. The molecule has 9 heteroatoms. The monoisotopic (exact) mass is 335 g/mol. The number of aromatic nitrogens is 2. The van der Waals surface area contributed by atoms with E-state index in [9.17, 15) is 17.4 Å². The summed E-state index contributed by atoms with van der Waals surface area (Å²) in [6, 6.07) is 2.13. The Bertz CT molecular complexity index is 730. The molecule has 0 fully saturated rings. The van der Waals surface area contributed by atoms with Gasteiger partial charge in [-0.05, 0) is 13.0 Å². The van der Waals surface area contributed by atoms with E-state index in [1.165, 1.54) is 23.7 Å². The molecule has 0 aliphatic heterocycles. The van der Waals surface area contributed by atoms with Crippen molar-refractivity contribution in [3.63, 3.8) is 0 Å². The second-order valence-corrected chi connectivity index (χ2v) is 7.67. The first-order chi connectivity index (χ1) is 9.70. The van der Waals surface area contributed by atoms with Crippen molar-refractivity contribution in [2.24, 2.45) is 0 Å². The van der Waals surface area contributed by atoms with Gasteiger partial charge >= 0.3 is 6.18 Å². The first kappa shape index (κ1) is 15.8. The van der Waals surface area contributed by atoms with E-state index in [1.54, 1.807) is 18.5 Å². The van der Waals surface area contributed by atoms with Crippen LogP contribution in [-0.4, -0.2) is 25.3 Å². The summed E-state index contributed by atoms with van der Waals surface area (Å²) >= 11 is 1.29. The van der Waals surface area contributed by atoms with E-state index >= 15 is 0 Å². The molecule has 0 bridgehead atoms. The predicted octanol–water partition coefficient (Wildman–Crippen LogP) is 3.04. The lowest BCUT2D eigenvalue weighted by atomic mass is 10.2. The first-order valence-corrected chi connectivity index (χ1v) is 8.58. The van der Waals surface area contributed by atoms with Gasteiger partial charge in [-0.15, -0.1) is 11.3 Å². The molecule has 2 rings (SSSR count). The van der Waals surface area contributed by atoms with Crippen molar-refractivity contribution in [1.29, 1.82) is 0 Å². The van der Waals surface area contributed by atoms with E-state index in [-0.39, 0.29) is 0 Å². The Labute approximate surface area is 124 Å². The molecule has 0 saturated carbocycles. The average molecular weight is 335 g/mol. The Hall–Kier alpha value is -1.61. The zero-order valence-corrected chi connectivity index (χ0v) is 12.8. The molecule has 1 unspecified atom stereocenters. The number of hydrogen-bond acceptors (Lipinski definition) is 4. The fourth-order valence-corrected chi connectivity index (χ4v) is 3.66. The van der Waals surface area contributed by atoms with Crippen molar-refractivity contribution in [2.45, 2.75) is 13.1 Å². The second-order valence-electron chi connectivity index (χ2n) is 4.27. The molecule has 0 radical (unpaired) electrons. The highest BCUT2D eigenvalue weighted by Crippen LogP contribution is 2.27. The fourth-order valence-electron chi connectivity index (χ4n) is 1.51. The van der Waals surface area contributed by atoms with Crippen LogP contribution in [0.2, 0.25) is 0 Å². The number of pyridine rings is 1. The molecule has 2 aromatic heterocycles. The smallest absolute Gasteiger partial charge is 0.288 e. The number of nitrogens with zero attached hydrogens (tertiary/aromatic N) is 2. The highest BCUT2D eigenvalue weighted by atomic mass is 32.2. The quantitative estimate of drug-likeness (QED) is 0.693. The second kappa shape index (κ2) is 5.64. The lowest BCUT2D eigenvalue weighted by Crippen LogP contribution is -2.20. The van der Waals surface area contributed by atoms with Crippen molar-refractivity contribution in [1.82, 2.24) is 9.97 Å². The number of anilines is 1. The minimum atomic E-state index is -4.49. The molecule has 21 heavy (non-hydrogen) atoms. The van der Waals surface area contributed by atoms with Gasteiger partial charge in [-0.2, -0.15) is 13.2 Å². The molecule has 2 aromatic rings. The van der Waals surface area contributed by atoms with E-state index in [1.807, 2.05) is 0 Å². The molecule has 1 N–H and O–H groups in total. The maximum atomic E-state index is 12.6. The minimum Gasteiger partial charge on any atom is -0.288 e. The zero-order valence-electron chi connectivity index (χ0n) is 11.1. The summed E-state index contributed by atoms with van der Waals surface area (Å²) < 4.78 is 52.8. The molecular weight excluding hydrogens is 323 g/mol. The normalized spacial score (nSPS) is 14.5. The van der Waals surface area contributed by atoms with Crippen LogP contribution < -0.4 is 4.72 Å². The summed E-state index contributed by atoms with van der Waals surface area (Å²) in [6.45, 7) is 1.59. The Morgan fingerprint density at radius 3 is 2.52 bits per heavy atom. The van der Waals surface area contributed by atoms with Gasteiger partial charge in [-0.25, -0.2) is 9.19 Å². The molecule has 1 atom stereocenters. The van der Waals surface area contributed by atoms with Crippen LogP contribution in [0.4, 0.5) is 18.3 Å². The predicted molar refractivity (Wildman–Crippen MR) is 78.8 cm³/mol. The lowest BCUT2D eigenvalue weighted by Gasteiger charge is -2.12. The molecule has 2 heterocycles. The third kappa shape index (κ3) is 3.73. The topological polar surface area (TPSA) is 54.9 Å². The van der Waals surface area contributed by atoms with Crippen LogP contribution in [0.5, 0.6) is 0 Å². The van der Waals surface area contributed by atoms with Gasteiger partial charge in [0.25, 0.3) is 0 Å². The van der Waals surface area contributed by atoms with Gasteiger partial charge < -0.3 is 0 Å². The maximum Gasteiger partial charge on any atom is 0.433 e. The van der Waals surface area contributed by atoms with E-state index in [2.05, 4.69) is 14.7 Å². The van der Waals surface area contributed by atoms with E-state index in [4.69, 9.17) is 0 Å². The van der Waals surface area contributed by atoms with E-state index in [0.717, 1.165) is 12.3 Å². The minimum absolute atomic E-state index is 0.388. The van der Waals surface area contributed by atoms with E-state index < -0.39 is 21.6 Å². The van der Waals surface area contributed by atoms with Crippen molar-refractivity contribution < 1.29 is 17.4 Å². The lowest BCUT2D eigenvalue weighted by molar-refractivity contribution is -0.141. The third-order valence-electron chi connectivity index (χ3n) is 2.76. The van der Waals surface area contributed by atoms with Gasteiger partial charge in [-0.1, -0.05) is 6.07 Å². The van der Waals surface area contributed by atoms with Crippen molar-refractivity contribution in [2.75, 3.05) is 11.0 Å². The third-order valence-corrected chi connectivity index (χ3v) is 5.56. The van der Waals surface area contributed by atoms with Crippen molar-refractivity contribution in [3.05, 3.63) is 41.2 Å². The van der Waals surface area contributed by atoms with Crippen LogP contribution in [-0.2, 0) is 15.9 Å². The van der Waals surface area contributed by atoms with Gasteiger partial charge in [-0.3, -0.25) is 9.71 Å². The summed E-state index contributed by atoms with van der Waals surface area (Å²) in [5.74, 6) is 0. The van der Waals surface area contributed by atoms with Crippen LogP contribution in [0.15, 0.2) is 29.9 Å². The summed E-state index contributed by atoms with van der Waals surface area (Å²) in [5, 5.41) is 2.22. The summed E-state index contributed by atoms with van der Waals surface area (Å²) in [7, 11) is -2.64. The highest BCUT2D eigenvalue weighted by molar-refractivity contribution is 8.03. The Morgan fingerprint density at radius 2 is 2.05 bits per heavy atom. The van der Waals surface area contributed by atoms with Crippen LogP contribution in [0.3, 0.4) is 0 Å². The Morgan fingerprint density at radius 1 is 1.33 bits per heavy atom. The van der Waals surface area contributed by atoms with Crippen LogP contribution in [0.1, 0.15) is 18.2 Å². The van der Waals surface area contributed by atoms with Crippen molar-refractivity contribution in [3.8, 4) is 0 Å². The zero-order chi connectivity index (χ0) is 15.7. The molecule has 0 aliphatic rings. The molecule has 0 aromatic carbocycles. The van der Waals surface area contributed by atoms with Crippen molar-refractivity contribution >= 4 is 31.0 Å². The van der Waals surface area contributed by atoms with Gasteiger partial charge in [0.05, 0.1) is 9.71 Å². The summed E-state index contributed by atoms with van der Waals surface area (Å²) in [4.78, 5) is 7.76. The average Bonchev–Trinajstić information content (AvgIpc) is 2.89. The molecule has 0 aliphatic carbocycles. The molecule has 0 spiro atoms. The summed E-state index contributed by atoms with van der Waals surface area (Å²) in [6.07, 6.45) is -0.372. The number of nitrogens with one attached hydrogen (secondary N) is 1. The van der Waals surface area contributed by atoms with Gasteiger partial charge in [0, 0.05) is 34.5 Å². The number of rotatable bonds is 3. The molecule has 114 valence electrons. The standard InChI is InChI=1S/C12H12F3N3OS2/c1-8(21(2,19)18-11-16-5-6-20-11)9-3-4-10(17-7-9)12(13,14)15/h3-7H,1-2H3,(H,16,18,19). The molecule has 0 saturated heterocycles. The Kier molecular flexibility index (Phi) is 4.24. The number of hydrogen-bond donors (Lipinski definition) is 1. The van der Waals surface area contributed by atoms with E-state index in [0.29, 0.717) is 15.6 Å². The molecule has 0 amide bonds. The Balaban J connectivity index is 2.35. The summed E-state index contributed by atoms with van der Waals surface area (Å²) in [5.41, 5.74) is -0.589. The fraction of sp³-hybridized carbons (Fsp3) is 0.250. The largest absolute Gasteiger partial charge is 0.433 e. The maximum absolute atomic E-state index is 12.6. The van der Waals surface area contributed by atoms with Crippen LogP contribution in [0, 0.1) is 0 Å². The number of halogens is 3. The number of thiazole rings is 1. The number of alkyl halides is 3. The van der Waals surface area contributed by atoms with Crippen LogP contribution in [0.25, 0.3) is 0 Å². The van der Waals surface area contributed by atoms with Gasteiger partial charge in [0.2, 0.25) is 0 Å². The first-order valence-electron chi connectivity index (χ1n) is 5.74. The van der Waals surface area contributed by atoms with Gasteiger partial charge in [0.1, 0.15) is 5.69 Å².